The van der Waals surface area contributed by atoms with Crippen molar-refractivity contribution in [2.24, 2.45) is 0 Å². The molecule has 1 aliphatic heterocycles. The third kappa shape index (κ3) is 3.39. The van der Waals surface area contributed by atoms with E-state index in [2.05, 4.69) is 0 Å². The van der Waals surface area contributed by atoms with Crippen molar-refractivity contribution in [1.82, 2.24) is 0 Å². The second-order valence-electron chi connectivity index (χ2n) is 5.03. The van der Waals surface area contributed by atoms with Crippen LogP contribution in [0.5, 0.6) is 0 Å². The summed E-state index contributed by atoms with van der Waals surface area (Å²) in [5.41, 5.74) is 0.997. The van der Waals surface area contributed by atoms with Gasteiger partial charge in [-0.05, 0) is 32.4 Å². The van der Waals surface area contributed by atoms with Crippen LogP contribution in [-0.2, 0) is 9.47 Å². The van der Waals surface area contributed by atoms with Crippen LogP contribution in [0.4, 0.5) is 5.69 Å². The smallest absolute Gasteiger partial charge is 0.341 e. The highest BCUT2D eigenvalue weighted by Gasteiger charge is 2.29. The molecule has 0 spiro atoms. The molecule has 1 saturated heterocycles. The van der Waals surface area contributed by atoms with Crippen LogP contribution in [0.1, 0.15) is 41.0 Å². The molecule has 0 bridgehead atoms. The van der Waals surface area contributed by atoms with Crippen molar-refractivity contribution in [2.75, 3.05) is 31.2 Å². The maximum absolute atomic E-state index is 12.3. The number of benzene rings is 1. The van der Waals surface area contributed by atoms with E-state index in [1.165, 1.54) is 0 Å². The Morgan fingerprint density at radius 3 is 2.50 bits per heavy atom. The number of carbonyl (C=O) groups is 2. The molecule has 1 heterocycles. The van der Waals surface area contributed by atoms with Gasteiger partial charge in [-0.3, -0.25) is 0 Å². The van der Waals surface area contributed by atoms with Crippen molar-refractivity contribution in [2.45, 2.75) is 26.4 Å². The second kappa shape index (κ2) is 7.26. The summed E-state index contributed by atoms with van der Waals surface area (Å²) < 4.78 is 10.1. The molecule has 6 heteroatoms. The molecule has 0 saturated carbocycles. The van der Waals surface area contributed by atoms with Gasteiger partial charge in [-0.25, -0.2) is 9.59 Å². The Balaban J connectivity index is 2.45. The number of ether oxygens (including phenoxy) is 2. The maximum Gasteiger partial charge on any atom is 0.341 e. The molecular weight excluding hydrogens is 286 g/mol. The highest BCUT2D eigenvalue weighted by molar-refractivity contribution is 6.07. The first-order chi connectivity index (χ1) is 10.6. The predicted octanol–water partition coefficient (Wildman–Crippen LogP) is 1.61. The summed E-state index contributed by atoms with van der Waals surface area (Å²) in [4.78, 5) is 26.3. The fourth-order valence-electron chi connectivity index (χ4n) is 2.56. The minimum absolute atomic E-state index is 0.194. The quantitative estimate of drug-likeness (QED) is 0.833. The standard InChI is InChI=1S/C16H21NO5/c1-3-21-15(19)12-6-5-7-13(14(12)16(20)22-4-2)17-9-8-11(18)10-17/h5-7,11,18H,3-4,8-10H2,1-2H3/t11-/m1/s1. The van der Waals surface area contributed by atoms with Gasteiger partial charge in [0.05, 0.1) is 36.1 Å². The number of rotatable bonds is 5. The molecule has 0 aromatic heterocycles. The van der Waals surface area contributed by atoms with Gasteiger partial charge < -0.3 is 19.5 Å². The third-order valence-electron chi connectivity index (χ3n) is 3.52. The normalized spacial score (nSPS) is 17.4. The molecule has 0 radical (unpaired) electrons. The van der Waals surface area contributed by atoms with Crippen LogP contribution in [-0.4, -0.2) is 49.5 Å². The lowest BCUT2D eigenvalue weighted by molar-refractivity contribution is 0.0479. The van der Waals surface area contributed by atoms with E-state index < -0.39 is 18.0 Å². The van der Waals surface area contributed by atoms with E-state index in [1.807, 2.05) is 4.90 Å². The molecular formula is C16H21NO5. The van der Waals surface area contributed by atoms with Crippen LogP contribution >= 0.6 is 0 Å². The highest BCUT2D eigenvalue weighted by Crippen LogP contribution is 2.28. The molecule has 1 aromatic carbocycles. The Hall–Kier alpha value is -2.08. The van der Waals surface area contributed by atoms with E-state index in [4.69, 9.17) is 9.47 Å². The Kier molecular flexibility index (Phi) is 5.38. The number of aliphatic hydroxyl groups excluding tert-OH is 1. The zero-order valence-corrected chi connectivity index (χ0v) is 12.9. The maximum atomic E-state index is 12.3. The Labute approximate surface area is 129 Å². The van der Waals surface area contributed by atoms with E-state index in [1.54, 1.807) is 32.0 Å². The van der Waals surface area contributed by atoms with E-state index in [9.17, 15) is 14.7 Å². The van der Waals surface area contributed by atoms with Gasteiger partial charge in [0.15, 0.2) is 0 Å². The van der Waals surface area contributed by atoms with Gasteiger partial charge in [-0.15, -0.1) is 0 Å². The van der Waals surface area contributed by atoms with Crippen LogP contribution in [0.2, 0.25) is 0 Å². The molecule has 1 atom stereocenters. The zero-order chi connectivity index (χ0) is 16.1. The summed E-state index contributed by atoms with van der Waals surface area (Å²) in [7, 11) is 0. The van der Waals surface area contributed by atoms with Crippen LogP contribution in [0.25, 0.3) is 0 Å². The number of hydrogen-bond acceptors (Lipinski definition) is 6. The zero-order valence-electron chi connectivity index (χ0n) is 12.9. The first-order valence-electron chi connectivity index (χ1n) is 7.48. The molecule has 0 unspecified atom stereocenters. The summed E-state index contributed by atoms with van der Waals surface area (Å²) in [5.74, 6) is -1.10. The van der Waals surface area contributed by atoms with Gasteiger partial charge in [0.2, 0.25) is 0 Å². The van der Waals surface area contributed by atoms with Crippen molar-refractivity contribution in [3.05, 3.63) is 29.3 Å². The molecule has 1 aromatic rings. The van der Waals surface area contributed by atoms with Crippen LogP contribution in [0.3, 0.4) is 0 Å². The van der Waals surface area contributed by atoms with Crippen molar-refractivity contribution >= 4 is 17.6 Å². The van der Waals surface area contributed by atoms with E-state index in [0.717, 1.165) is 0 Å². The summed E-state index contributed by atoms with van der Waals surface area (Å²) in [6.45, 7) is 4.93. The van der Waals surface area contributed by atoms with Gasteiger partial charge in [0.1, 0.15) is 0 Å². The summed E-state index contributed by atoms with van der Waals surface area (Å²) in [6, 6.07) is 5.02. The summed E-state index contributed by atoms with van der Waals surface area (Å²) in [6.07, 6.45) is 0.201. The van der Waals surface area contributed by atoms with Gasteiger partial charge in [-0.1, -0.05) is 6.07 Å². The number of β-amino-alcohol motifs (C(OH)–C–C–N with tert-alkyl or cyclic N) is 1. The lowest BCUT2D eigenvalue weighted by Gasteiger charge is -2.22. The predicted molar refractivity (Wildman–Crippen MR) is 81.2 cm³/mol. The molecule has 22 heavy (non-hydrogen) atoms. The molecule has 2 rings (SSSR count). The van der Waals surface area contributed by atoms with E-state index in [0.29, 0.717) is 25.2 Å². The molecule has 0 amide bonds. The van der Waals surface area contributed by atoms with Crippen molar-refractivity contribution in [1.29, 1.82) is 0 Å². The van der Waals surface area contributed by atoms with Gasteiger partial charge in [0.25, 0.3) is 0 Å². The van der Waals surface area contributed by atoms with Crippen molar-refractivity contribution in [3.63, 3.8) is 0 Å². The van der Waals surface area contributed by atoms with Crippen LogP contribution < -0.4 is 4.90 Å². The minimum atomic E-state index is -0.553. The summed E-state index contributed by atoms with van der Waals surface area (Å²) >= 11 is 0. The fourth-order valence-corrected chi connectivity index (χ4v) is 2.56. The highest BCUT2D eigenvalue weighted by atomic mass is 16.5. The Bertz CT molecular complexity index is 557. The topological polar surface area (TPSA) is 76.1 Å². The number of hydrogen-bond donors (Lipinski definition) is 1. The van der Waals surface area contributed by atoms with E-state index in [-0.39, 0.29) is 24.3 Å². The Morgan fingerprint density at radius 1 is 1.23 bits per heavy atom. The SMILES string of the molecule is CCOC(=O)c1cccc(N2CC[C@@H](O)C2)c1C(=O)OCC. The average molecular weight is 307 g/mol. The summed E-state index contributed by atoms with van der Waals surface area (Å²) in [5, 5.41) is 9.71. The first-order valence-corrected chi connectivity index (χ1v) is 7.48. The first kappa shape index (κ1) is 16.3. The second-order valence-corrected chi connectivity index (χ2v) is 5.03. The molecule has 1 N–H and O–H groups in total. The lowest BCUT2D eigenvalue weighted by Crippen LogP contribution is -2.25. The van der Waals surface area contributed by atoms with Crippen molar-refractivity contribution in [3.8, 4) is 0 Å². The van der Waals surface area contributed by atoms with Crippen LogP contribution in [0, 0.1) is 0 Å². The number of nitrogens with zero attached hydrogens (tertiary/aromatic N) is 1. The number of carbonyl (C=O) groups excluding carboxylic acids is 2. The van der Waals surface area contributed by atoms with Crippen molar-refractivity contribution < 1.29 is 24.2 Å². The molecule has 0 aliphatic carbocycles. The number of aliphatic hydroxyl groups is 1. The third-order valence-corrected chi connectivity index (χ3v) is 3.52. The molecule has 1 fully saturated rings. The fraction of sp³-hybridized carbons (Fsp3) is 0.500. The molecule has 1 aliphatic rings. The lowest BCUT2D eigenvalue weighted by atomic mass is 10.0. The van der Waals surface area contributed by atoms with E-state index >= 15 is 0 Å². The van der Waals surface area contributed by atoms with Gasteiger partial charge in [-0.2, -0.15) is 0 Å². The Morgan fingerprint density at radius 2 is 1.91 bits per heavy atom. The minimum Gasteiger partial charge on any atom is -0.462 e. The average Bonchev–Trinajstić information content (AvgIpc) is 2.93. The van der Waals surface area contributed by atoms with Crippen LogP contribution in [0.15, 0.2) is 18.2 Å². The molecule has 6 nitrogen and oxygen atoms in total. The van der Waals surface area contributed by atoms with Gasteiger partial charge in [0, 0.05) is 13.1 Å². The number of anilines is 1. The monoisotopic (exact) mass is 307 g/mol. The molecule has 120 valence electrons. The van der Waals surface area contributed by atoms with Gasteiger partial charge >= 0.3 is 11.9 Å². The number of esters is 2. The largest absolute Gasteiger partial charge is 0.462 e.